The predicted molar refractivity (Wildman–Crippen MR) is 100.0 cm³/mol. The van der Waals surface area contributed by atoms with Crippen molar-refractivity contribution < 1.29 is 27.9 Å². The summed E-state index contributed by atoms with van der Waals surface area (Å²) in [6, 6.07) is 9.63. The molecule has 0 aliphatic rings. The molecule has 1 N–H and O–H groups in total. The molecule has 0 spiro atoms. The zero-order valence-electron chi connectivity index (χ0n) is 15.2. The molecule has 28 heavy (non-hydrogen) atoms. The molecular weight excluding hydrogens is 366 g/mol. The first kappa shape index (κ1) is 19.2. The summed E-state index contributed by atoms with van der Waals surface area (Å²) in [4.78, 5) is 35.3. The second kappa shape index (κ2) is 8.90. The van der Waals surface area contributed by atoms with Crippen LogP contribution in [0.1, 0.15) is 24.7 Å². The molecule has 3 aromatic rings. The number of hydrogen-bond donors (Lipinski definition) is 1. The maximum Gasteiger partial charge on any atom is 0.411 e. The molecular formula is C20H19NO7. The second-order valence-corrected chi connectivity index (χ2v) is 5.89. The van der Waals surface area contributed by atoms with Crippen LogP contribution in [0.4, 0.5) is 10.5 Å². The maximum absolute atomic E-state index is 11.9. The summed E-state index contributed by atoms with van der Waals surface area (Å²) in [5, 5.41) is 3.14. The third-order valence-electron chi connectivity index (χ3n) is 3.90. The van der Waals surface area contributed by atoms with Gasteiger partial charge in [0.25, 0.3) is 0 Å². The molecule has 0 radical (unpaired) electrons. The van der Waals surface area contributed by atoms with E-state index < -0.39 is 17.7 Å². The fourth-order valence-corrected chi connectivity index (χ4v) is 2.62. The molecule has 1 amide bonds. The van der Waals surface area contributed by atoms with Gasteiger partial charge in [-0.3, -0.25) is 10.1 Å². The van der Waals surface area contributed by atoms with Crippen LogP contribution in [-0.2, 0) is 27.3 Å². The van der Waals surface area contributed by atoms with E-state index in [1.165, 1.54) is 12.1 Å². The van der Waals surface area contributed by atoms with Crippen molar-refractivity contribution in [3.63, 3.8) is 0 Å². The lowest BCUT2D eigenvalue weighted by atomic mass is 10.1. The molecule has 146 valence electrons. The second-order valence-electron chi connectivity index (χ2n) is 5.89. The van der Waals surface area contributed by atoms with Crippen LogP contribution < -0.4 is 10.9 Å². The van der Waals surface area contributed by atoms with Crippen LogP contribution in [0.2, 0.25) is 0 Å². The topological polar surface area (TPSA) is 108 Å². The summed E-state index contributed by atoms with van der Waals surface area (Å²) in [7, 11) is 0. The fraction of sp³-hybridized carbons (Fsp3) is 0.250. The van der Waals surface area contributed by atoms with Gasteiger partial charge in [-0.05, 0) is 31.2 Å². The average Bonchev–Trinajstić information content (AvgIpc) is 3.18. The molecule has 0 fully saturated rings. The van der Waals surface area contributed by atoms with Gasteiger partial charge in [-0.25, -0.2) is 9.59 Å². The van der Waals surface area contributed by atoms with Crippen LogP contribution in [0.3, 0.4) is 0 Å². The molecule has 3 rings (SSSR count). The van der Waals surface area contributed by atoms with Gasteiger partial charge in [-0.1, -0.05) is 0 Å². The van der Waals surface area contributed by atoms with Crippen LogP contribution in [-0.4, -0.2) is 18.7 Å². The molecule has 0 bridgehead atoms. The Morgan fingerprint density at radius 2 is 2.00 bits per heavy atom. The van der Waals surface area contributed by atoms with Crippen molar-refractivity contribution in [2.75, 3.05) is 11.9 Å². The Kier molecular flexibility index (Phi) is 6.11. The lowest BCUT2D eigenvalue weighted by Crippen LogP contribution is -2.13. The fourth-order valence-electron chi connectivity index (χ4n) is 2.62. The Balaban J connectivity index is 1.69. The highest BCUT2D eigenvalue weighted by molar-refractivity contribution is 5.90. The summed E-state index contributed by atoms with van der Waals surface area (Å²) in [6.45, 7) is 1.87. The Bertz CT molecular complexity index is 1020. The summed E-state index contributed by atoms with van der Waals surface area (Å²) in [5.74, 6) is 0.294. The van der Waals surface area contributed by atoms with E-state index in [4.69, 9.17) is 18.3 Å². The number of ether oxygens (including phenoxy) is 2. The molecule has 0 unspecified atom stereocenters. The molecule has 0 saturated heterocycles. The van der Waals surface area contributed by atoms with Crippen molar-refractivity contribution in [2.24, 2.45) is 0 Å². The van der Waals surface area contributed by atoms with Gasteiger partial charge in [0, 0.05) is 35.2 Å². The Morgan fingerprint density at radius 1 is 1.14 bits per heavy atom. The van der Waals surface area contributed by atoms with E-state index in [1.807, 2.05) is 0 Å². The molecule has 8 heteroatoms. The number of fused-ring (bicyclic) bond motifs is 1. The van der Waals surface area contributed by atoms with Crippen molar-refractivity contribution >= 4 is 28.7 Å². The van der Waals surface area contributed by atoms with Gasteiger partial charge in [-0.15, -0.1) is 0 Å². The number of hydrogen-bond acceptors (Lipinski definition) is 7. The number of carbonyl (C=O) groups is 2. The first-order chi connectivity index (χ1) is 13.5. The first-order valence-corrected chi connectivity index (χ1v) is 8.73. The average molecular weight is 385 g/mol. The normalized spacial score (nSPS) is 10.6. The molecule has 0 aliphatic heterocycles. The summed E-state index contributed by atoms with van der Waals surface area (Å²) < 4.78 is 20.4. The van der Waals surface area contributed by atoms with E-state index in [1.54, 1.807) is 37.5 Å². The predicted octanol–water partition coefficient (Wildman–Crippen LogP) is 3.63. The largest absolute Gasteiger partial charge is 0.469 e. The number of nitrogens with one attached hydrogen (secondary N) is 1. The van der Waals surface area contributed by atoms with Gasteiger partial charge < -0.3 is 18.3 Å². The van der Waals surface area contributed by atoms with E-state index >= 15 is 0 Å². The van der Waals surface area contributed by atoms with Crippen LogP contribution in [0.5, 0.6) is 0 Å². The summed E-state index contributed by atoms with van der Waals surface area (Å²) in [5.41, 5.74) is 0.618. The number of esters is 1. The minimum atomic E-state index is -0.606. The number of amides is 1. The zero-order valence-corrected chi connectivity index (χ0v) is 15.2. The highest BCUT2D eigenvalue weighted by Gasteiger charge is 2.11. The Hall–Kier alpha value is -3.55. The van der Waals surface area contributed by atoms with E-state index in [0.717, 1.165) is 0 Å². The standard InChI is InChI=1S/C20H19NO7/c1-2-25-20(24)21-14-5-7-16-13(10-19(23)28-17(16)11-14)12-27-18(22)8-6-15-4-3-9-26-15/h3-5,7,9-11H,2,6,8,12H2,1H3,(H,21,24). The molecule has 2 aromatic heterocycles. The number of anilines is 1. The quantitative estimate of drug-likeness (QED) is 0.489. The summed E-state index contributed by atoms with van der Waals surface area (Å²) in [6.07, 6.45) is 1.54. The molecule has 1 aromatic carbocycles. The maximum atomic E-state index is 11.9. The number of benzene rings is 1. The van der Waals surface area contributed by atoms with Gasteiger partial charge in [0.2, 0.25) is 0 Å². The van der Waals surface area contributed by atoms with Gasteiger partial charge in [0.05, 0.1) is 19.3 Å². The van der Waals surface area contributed by atoms with E-state index in [0.29, 0.717) is 28.8 Å². The van der Waals surface area contributed by atoms with Crippen molar-refractivity contribution in [2.45, 2.75) is 26.4 Å². The smallest absolute Gasteiger partial charge is 0.411 e. The van der Waals surface area contributed by atoms with Crippen molar-refractivity contribution in [1.82, 2.24) is 0 Å². The third-order valence-corrected chi connectivity index (χ3v) is 3.90. The van der Waals surface area contributed by atoms with Crippen molar-refractivity contribution in [3.8, 4) is 0 Å². The Morgan fingerprint density at radius 3 is 2.75 bits per heavy atom. The molecule has 0 saturated carbocycles. The van der Waals surface area contributed by atoms with Crippen molar-refractivity contribution in [1.29, 1.82) is 0 Å². The molecule has 0 aliphatic carbocycles. The number of aryl methyl sites for hydroxylation is 1. The van der Waals surface area contributed by atoms with E-state index in [2.05, 4.69) is 5.32 Å². The van der Waals surface area contributed by atoms with Gasteiger partial charge >= 0.3 is 17.7 Å². The van der Waals surface area contributed by atoms with E-state index in [9.17, 15) is 14.4 Å². The first-order valence-electron chi connectivity index (χ1n) is 8.73. The third kappa shape index (κ3) is 5.00. The SMILES string of the molecule is CCOC(=O)Nc1ccc2c(COC(=O)CCc3ccco3)cc(=O)oc2c1. The van der Waals surface area contributed by atoms with Crippen LogP contribution in [0, 0.1) is 0 Å². The number of carbonyl (C=O) groups excluding carboxylic acids is 2. The Labute approximate surface area is 160 Å². The minimum Gasteiger partial charge on any atom is -0.469 e. The van der Waals surface area contributed by atoms with E-state index in [-0.39, 0.29) is 25.2 Å². The molecule has 2 heterocycles. The zero-order chi connectivity index (χ0) is 19.9. The highest BCUT2D eigenvalue weighted by Crippen LogP contribution is 2.22. The lowest BCUT2D eigenvalue weighted by molar-refractivity contribution is -0.144. The van der Waals surface area contributed by atoms with Crippen LogP contribution in [0.25, 0.3) is 11.0 Å². The van der Waals surface area contributed by atoms with Gasteiger partial charge in [0.15, 0.2) is 0 Å². The summed E-state index contributed by atoms with van der Waals surface area (Å²) >= 11 is 0. The number of rotatable bonds is 7. The monoisotopic (exact) mass is 385 g/mol. The van der Waals surface area contributed by atoms with Crippen LogP contribution in [0.15, 0.2) is 56.3 Å². The highest BCUT2D eigenvalue weighted by atomic mass is 16.5. The van der Waals surface area contributed by atoms with Crippen molar-refractivity contribution in [3.05, 3.63) is 64.4 Å². The number of furan rings is 1. The van der Waals surface area contributed by atoms with Crippen LogP contribution >= 0.6 is 0 Å². The molecule has 8 nitrogen and oxygen atoms in total. The lowest BCUT2D eigenvalue weighted by Gasteiger charge is -2.09. The minimum absolute atomic E-state index is 0.0657. The van der Waals surface area contributed by atoms with Gasteiger partial charge in [0.1, 0.15) is 18.0 Å². The van der Waals surface area contributed by atoms with Gasteiger partial charge in [-0.2, -0.15) is 0 Å². The molecule has 0 atom stereocenters.